The molecule has 0 bridgehead atoms. The summed E-state index contributed by atoms with van der Waals surface area (Å²) in [6, 6.07) is 6.35. The molecule has 0 radical (unpaired) electrons. The van der Waals surface area contributed by atoms with Gasteiger partial charge in [-0.3, -0.25) is 0 Å². The summed E-state index contributed by atoms with van der Waals surface area (Å²) in [5.41, 5.74) is 0.875. The minimum atomic E-state index is -0.243. The van der Waals surface area contributed by atoms with Crippen LogP contribution < -0.4 is 0 Å². The number of ether oxygens (including phenoxy) is 1. The predicted octanol–water partition coefficient (Wildman–Crippen LogP) is 3.53. The van der Waals surface area contributed by atoms with Gasteiger partial charge in [-0.15, -0.1) is 10.2 Å². The molecule has 0 spiro atoms. The van der Waals surface area contributed by atoms with Crippen LogP contribution in [0.2, 0.25) is 0 Å². The van der Waals surface area contributed by atoms with E-state index in [2.05, 4.69) is 17.1 Å². The van der Waals surface area contributed by atoms with Crippen molar-refractivity contribution < 1.29 is 9.13 Å². The minimum Gasteiger partial charge on any atom is -0.381 e. The van der Waals surface area contributed by atoms with Crippen LogP contribution >= 0.6 is 11.8 Å². The standard InChI is InChI=1S/C16H20FN3OS/c1-11(9-12-7-8-21-10-12)22-16-19-18-15(20(16)2)13-3-5-14(17)6-4-13/h3-6,11-12H,7-10H2,1-2H3. The maximum absolute atomic E-state index is 13.0. The molecule has 1 aliphatic rings. The Kier molecular flexibility index (Phi) is 4.78. The Morgan fingerprint density at radius 2 is 2.14 bits per heavy atom. The zero-order valence-electron chi connectivity index (χ0n) is 12.8. The number of benzene rings is 1. The van der Waals surface area contributed by atoms with E-state index in [1.165, 1.54) is 12.1 Å². The molecule has 3 rings (SSSR count). The van der Waals surface area contributed by atoms with E-state index in [0.717, 1.165) is 42.6 Å². The van der Waals surface area contributed by atoms with Crippen LogP contribution in [0.4, 0.5) is 4.39 Å². The first-order chi connectivity index (χ1) is 10.6. The van der Waals surface area contributed by atoms with Gasteiger partial charge < -0.3 is 9.30 Å². The molecule has 2 aromatic rings. The fraction of sp³-hybridized carbons (Fsp3) is 0.500. The van der Waals surface area contributed by atoms with E-state index >= 15 is 0 Å². The lowest BCUT2D eigenvalue weighted by Crippen LogP contribution is -2.08. The van der Waals surface area contributed by atoms with Crippen molar-refractivity contribution in [1.82, 2.24) is 14.8 Å². The smallest absolute Gasteiger partial charge is 0.191 e. The van der Waals surface area contributed by atoms with Crippen LogP contribution in [-0.4, -0.2) is 33.2 Å². The number of hydrogen-bond acceptors (Lipinski definition) is 4. The number of nitrogens with zero attached hydrogens (tertiary/aromatic N) is 3. The molecule has 1 fully saturated rings. The molecular formula is C16H20FN3OS. The van der Waals surface area contributed by atoms with Crippen LogP contribution in [0, 0.1) is 11.7 Å². The third-order valence-corrected chi connectivity index (χ3v) is 5.09. The second kappa shape index (κ2) is 6.79. The van der Waals surface area contributed by atoms with Gasteiger partial charge in [0.15, 0.2) is 11.0 Å². The number of hydrogen-bond donors (Lipinski definition) is 0. The number of thioether (sulfide) groups is 1. The summed E-state index contributed by atoms with van der Waals surface area (Å²) in [6.45, 7) is 3.99. The zero-order valence-corrected chi connectivity index (χ0v) is 13.6. The molecule has 2 unspecified atom stereocenters. The molecule has 0 amide bonds. The third kappa shape index (κ3) is 3.50. The summed E-state index contributed by atoms with van der Waals surface area (Å²) in [5, 5.41) is 9.89. The lowest BCUT2D eigenvalue weighted by atomic mass is 10.0. The molecule has 6 heteroatoms. The molecule has 0 saturated carbocycles. The first-order valence-electron chi connectivity index (χ1n) is 7.53. The van der Waals surface area contributed by atoms with Gasteiger partial charge in [-0.1, -0.05) is 18.7 Å². The van der Waals surface area contributed by atoms with E-state index < -0.39 is 0 Å². The Bertz CT molecular complexity index is 623. The van der Waals surface area contributed by atoms with Gasteiger partial charge >= 0.3 is 0 Å². The van der Waals surface area contributed by atoms with Gasteiger partial charge in [-0.2, -0.15) is 0 Å². The first kappa shape index (κ1) is 15.5. The van der Waals surface area contributed by atoms with Crippen molar-refractivity contribution in [3.63, 3.8) is 0 Å². The Morgan fingerprint density at radius 1 is 1.36 bits per heavy atom. The van der Waals surface area contributed by atoms with Crippen molar-refractivity contribution in [2.45, 2.75) is 30.2 Å². The molecular weight excluding hydrogens is 301 g/mol. The quantitative estimate of drug-likeness (QED) is 0.790. The lowest BCUT2D eigenvalue weighted by molar-refractivity contribution is 0.184. The second-order valence-corrected chi connectivity index (χ2v) is 7.17. The van der Waals surface area contributed by atoms with Gasteiger partial charge in [0.1, 0.15) is 5.82 Å². The Balaban J connectivity index is 1.68. The highest BCUT2D eigenvalue weighted by Crippen LogP contribution is 2.30. The van der Waals surface area contributed by atoms with E-state index in [4.69, 9.17) is 4.74 Å². The van der Waals surface area contributed by atoms with Crippen molar-refractivity contribution in [2.24, 2.45) is 13.0 Å². The summed E-state index contributed by atoms with van der Waals surface area (Å²) in [4.78, 5) is 0. The summed E-state index contributed by atoms with van der Waals surface area (Å²) in [6.07, 6.45) is 2.29. The summed E-state index contributed by atoms with van der Waals surface area (Å²) in [7, 11) is 1.95. The van der Waals surface area contributed by atoms with E-state index in [0.29, 0.717) is 11.2 Å². The largest absolute Gasteiger partial charge is 0.381 e. The topological polar surface area (TPSA) is 39.9 Å². The van der Waals surface area contributed by atoms with E-state index in [-0.39, 0.29) is 5.82 Å². The molecule has 0 N–H and O–H groups in total. The lowest BCUT2D eigenvalue weighted by Gasteiger charge is -2.14. The van der Waals surface area contributed by atoms with Gasteiger partial charge in [0.2, 0.25) is 0 Å². The number of aromatic nitrogens is 3. The molecule has 1 aliphatic heterocycles. The fourth-order valence-corrected chi connectivity index (χ4v) is 3.80. The van der Waals surface area contributed by atoms with Crippen LogP contribution in [0.25, 0.3) is 11.4 Å². The normalized spacial score (nSPS) is 19.5. The molecule has 2 heterocycles. The molecule has 1 aromatic heterocycles. The molecule has 22 heavy (non-hydrogen) atoms. The maximum Gasteiger partial charge on any atom is 0.191 e. The van der Waals surface area contributed by atoms with Crippen LogP contribution in [0.3, 0.4) is 0 Å². The van der Waals surface area contributed by atoms with Gasteiger partial charge in [0.25, 0.3) is 0 Å². The molecule has 2 atom stereocenters. The Hall–Kier alpha value is -1.40. The van der Waals surface area contributed by atoms with Gasteiger partial charge in [0, 0.05) is 31.1 Å². The minimum absolute atomic E-state index is 0.243. The summed E-state index contributed by atoms with van der Waals surface area (Å²) in [5.74, 6) is 1.18. The molecule has 118 valence electrons. The SMILES string of the molecule is CC(CC1CCOC1)Sc1nnc(-c2ccc(F)cc2)n1C. The van der Waals surface area contributed by atoms with Crippen molar-refractivity contribution in [3.05, 3.63) is 30.1 Å². The second-order valence-electron chi connectivity index (χ2n) is 5.77. The molecule has 4 nitrogen and oxygen atoms in total. The van der Waals surface area contributed by atoms with Crippen molar-refractivity contribution >= 4 is 11.8 Å². The van der Waals surface area contributed by atoms with Gasteiger partial charge in [-0.05, 0) is 43.0 Å². The molecule has 0 aliphatic carbocycles. The first-order valence-corrected chi connectivity index (χ1v) is 8.41. The van der Waals surface area contributed by atoms with Crippen molar-refractivity contribution in [2.75, 3.05) is 13.2 Å². The van der Waals surface area contributed by atoms with Gasteiger partial charge in [0.05, 0.1) is 0 Å². The van der Waals surface area contributed by atoms with Crippen LogP contribution in [0.5, 0.6) is 0 Å². The fourth-order valence-electron chi connectivity index (χ4n) is 2.73. The summed E-state index contributed by atoms with van der Waals surface area (Å²) >= 11 is 1.74. The van der Waals surface area contributed by atoms with Crippen molar-refractivity contribution in [1.29, 1.82) is 0 Å². The molecule has 1 aromatic carbocycles. The van der Waals surface area contributed by atoms with Crippen LogP contribution in [0.15, 0.2) is 29.4 Å². The molecule has 1 saturated heterocycles. The monoisotopic (exact) mass is 321 g/mol. The highest BCUT2D eigenvalue weighted by atomic mass is 32.2. The van der Waals surface area contributed by atoms with Crippen molar-refractivity contribution in [3.8, 4) is 11.4 Å². The third-order valence-electron chi connectivity index (χ3n) is 3.93. The summed E-state index contributed by atoms with van der Waals surface area (Å²) < 4.78 is 20.4. The number of rotatable bonds is 5. The predicted molar refractivity (Wildman–Crippen MR) is 85.3 cm³/mol. The Labute approximate surface area is 134 Å². The van der Waals surface area contributed by atoms with E-state index in [9.17, 15) is 4.39 Å². The van der Waals surface area contributed by atoms with E-state index in [1.54, 1.807) is 23.9 Å². The highest BCUT2D eigenvalue weighted by Gasteiger charge is 2.21. The zero-order chi connectivity index (χ0) is 15.5. The van der Waals surface area contributed by atoms with Gasteiger partial charge in [-0.25, -0.2) is 4.39 Å². The van der Waals surface area contributed by atoms with Crippen LogP contribution in [-0.2, 0) is 11.8 Å². The number of halogens is 1. The average Bonchev–Trinajstić information content (AvgIpc) is 3.11. The Morgan fingerprint density at radius 3 is 2.82 bits per heavy atom. The average molecular weight is 321 g/mol. The van der Waals surface area contributed by atoms with Crippen LogP contribution in [0.1, 0.15) is 19.8 Å². The highest BCUT2D eigenvalue weighted by molar-refractivity contribution is 7.99. The van der Waals surface area contributed by atoms with E-state index in [1.807, 2.05) is 11.6 Å². The maximum atomic E-state index is 13.0.